The highest BCUT2D eigenvalue weighted by molar-refractivity contribution is 7.99. The van der Waals surface area contributed by atoms with Gasteiger partial charge < -0.3 is 29.2 Å². The third kappa shape index (κ3) is 8.86. The first-order valence-electron chi connectivity index (χ1n) is 15.2. The van der Waals surface area contributed by atoms with Crippen LogP contribution in [0.1, 0.15) is 28.0 Å². The van der Waals surface area contributed by atoms with E-state index >= 15 is 0 Å². The average Bonchev–Trinajstić information content (AvgIpc) is 3.58. The molecule has 2 heterocycles. The number of thioether (sulfide) groups is 1. The Labute approximate surface area is 293 Å². The SMILES string of the molecule is COc1ccc(NC(=O)C(c2ccc(OC)c(OC)c2)N(Cc2nc(-c3ccc(OC)cc3)cs2)C(=O)CSc2nc(C)cc(C)n2)cc1. The molecule has 0 fully saturated rings. The van der Waals surface area contributed by atoms with Crippen LogP contribution in [-0.4, -0.2) is 65.9 Å². The van der Waals surface area contributed by atoms with Crippen molar-refractivity contribution in [1.29, 1.82) is 0 Å². The number of anilines is 1. The van der Waals surface area contributed by atoms with Crippen LogP contribution in [0.25, 0.3) is 11.3 Å². The smallest absolute Gasteiger partial charge is 0.251 e. The maximum atomic E-state index is 14.3. The molecule has 0 spiro atoms. The Hall–Kier alpha value is -5.14. The van der Waals surface area contributed by atoms with E-state index in [0.29, 0.717) is 38.7 Å². The van der Waals surface area contributed by atoms with Crippen molar-refractivity contribution in [3.8, 4) is 34.3 Å². The number of thiazole rings is 1. The zero-order valence-corrected chi connectivity index (χ0v) is 29.7. The number of carbonyl (C=O) groups excluding carboxylic acids is 2. The van der Waals surface area contributed by atoms with Crippen LogP contribution in [0.4, 0.5) is 5.69 Å². The summed E-state index contributed by atoms with van der Waals surface area (Å²) in [6, 6.07) is 20.5. The summed E-state index contributed by atoms with van der Waals surface area (Å²) in [7, 11) is 6.25. The fourth-order valence-corrected chi connectivity index (χ4v) is 6.73. The largest absolute Gasteiger partial charge is 0.497 e. The summed E-state index contributed by atoms with van der Waals surface area (Å²) >= 11 is 2.62. The maximum absolute atomic E-state index is 14.3. The van der Waals surface area contributed by atoms with E-state index in [9.17, 15) is 9.59 Å². The number of rotatable bonds is 14. The molecule has 13 heteroatoms. The summed E-state index contributed by atoms with van der Waals surface area (Å²) in [6.07, 6.45) is 0. The molecule has 2 amide bonds. The first kappa shape index (κ1) is 35.2. The lowest BCUT2D eigenvalue weighted by molar-refractivity contribution is -0.137. The third-order valence-corrected chi connectivity index (χ3v) is 9.16. The van der Waals surface area contributed by atoms with E-state index < -0.39 is 11.9 Å². The molecule has 5 rings (SSSR count). The van der Waals surface area contributed by atoms with Crippen molar-refractivity contribution in [2.75, 3.05) is 39.5 Å². The van der Waals surface area contributed by atoms with Crippen molar-refractivity contribution in [3.63, 3.8) is 0 Å². The minimum atomic E-state index is -1.08. The van der Waals surface area contributed by atoms with Crippen LogP contribution >= 0.6 is 23.1 Å². The van der Waals surface area contributed by atoms with Gasteiger partial charge in [0.1, 0.15) is 22.5 Å². The van der Waals surface area contributed by atoms with E-state index in [1.807, 2.05) is 49.6 Å². The Morgan fingerprint density at radius 3 is 2.04 bits per heavy atom. The van der Waals surface area contributed by atoms with Crippen LogP contribution in [0, 0.1) is 13.8 Å². The molecule has 0 radical (unpaired) electrons. The molecule has 0 aliphatic rings. The molecule has 11 nitrogen and oxygen atoms in total. The molecule has 5 aromatic rings. The van der Waals surface area contributed by atoms with Crippen LogP contribution in [0.3, 0.4) is 0 Å². The van der Waals surface area contributed by atoms with Gasteiger partial charge in [-0.25, -0.2) is 15.0 Å². The fraction of sp³-hybridized carbons (Fsp3) is 0.250. The van der Waals surface area contributed by atoms with Gasteiger partial charge in [0.15, 0.2) is 16.7 Å². The highest BCUT2D eigenvalue weighted by Crippen LogP contribution is 2.35. The van der Waals surface area contributed by atoms with Gasteiger partial charge in [0, 0.05) is 28.0 Å². The Kier molecular flexibility index (Phi) is 11.7. The number of amides is 2. The molecule has 0 aliphatic carbocycles. The second kappa shape index (κ2) is 16.3. The number of nitrogens with zero attached hydrogens (tertiary/aromatic N) is 4. The van der Waals surface area contributed by atoms with Crippen LogP contribution in [-0.2, 0) is 16.1 Å². The number of hydrogen-bond acceptors (Lipinski definition) is 11. The molecule has 49 heavy (non-hydrogen) atoms. The second-order valence-corrected chi connectivity index (χ2v) is 12.7. The predicted octanol–water partition coefficient (Wildman–Crippen LogP) is 6.75. The van der Waals surface area contributed by atoms with Crippen molar-refractivity contribution < 1.29 is 28.5 Å². The lowest BCUT2D eigenvalue weighted by Crippen LogP contribution is -2.41. The third-order valence-electron chi connectivity index (χ3n) is 7.49. The number of aromatic nitrogens is 3. The molecule has 1 atom stereocenters. The molecule has 0 saturated carbocycles. The Morgan fingerprint density at radius 2 is 1.43 bits per heavy atom. The Bertz CT molecular complexity index is 1880. The fourth-order valence-electron chi connectivity index (χ4n) is 5.10. The van der Waals surface area contributed by atoms with Gasteiger partial charge in [-0.05, 0) is 86.1 Å². The zero-order chi connectivity index (χ0) is 34.9. The molecule has 2 aromatic heterocycles. The topological polar surface area (TPSA) is 125 Å². The van der Waals surface area contributed by atoms with Gasteiger partial charge in [0.05, 0.1) is 46.4 Å². The highest BCUT2D eigenvalue weighted by atomic mass is 32.2. The number of carbonyl (C=O) groups is 2. The van der Waals surface area contributed by atoms with Crippen molar-refractivity contribution in [1.82, 2.24) is 19.9 Å². The number of ether oxygens (including phenoxy) is 4. The second-order valence-electron chi connectivity index (χ2n) is 10.8. The summed E-state index contributed by atoms with van der Waals surface area (Å²) in [6.45, 7) is 3.82. The van der Waals surface area contributed by atoms with Crippen LogP contribution in [0.5, 0.6) is 23.0 Å². The van der Waals surface area contributed by atoms with E-state index in [0.717, 1.165) is 28.4 Å². The zero-order valence-electron chi connectivity index (χ0n) is 28.1. The molecule has 0 saturated heterocycles. The first-order chi connectivity index (χ1) is 23.7. The summed E-state index contributed by atoms with van der Waals surface area (Å²) < 4.78 is 21.6. The van der Waals surface area contributed by atoms with Crippen molar-refractivity contribution >= 4 is 40.6 Å². The van der Waals surface area contributed by atoms with Crippen LogP contribution in [0.2, 0.25) is 0 Å². The van der Waals surface area contributed by atoms with Crippen LogP contribution in [0.15, 0.2) is 83.3 Å². The molecular weight excluding hydrogens is 663 g/mol. The van der Waals surface area contributed by atoms with Crippen molar-refractivity contribution in [3.05, 3.63) is 100 Å². The molecule has 3 aromatic carbocycles. The number of hydrogen-bond donors (Lipinski definition) is 1. The maximum Gasteiger partial charge on any atom is 0.251 e. The Morgan fingerprint density at radius 1 is 0.796 bits per heavy atom. The number of aryl methyl sites for hydroxylation is 2. The highest BCUT2D eigenvalue weighted by Gasteiger charge is 2.33. The van der Waals surface area contributed by atoms with E-state index in [1.165, 1.54) is 42.2 Å². The van der Waals surface area contributed by atoms with Gasteiger partial charge in [-0.2, -0.15) is 0 Å². The van der Waals surface area contributed by atoms with E-state index in [2.05, 4.69) is 15.3 Å². The molecular formula is C36H37N5O6S2. The predicted molar refractivity (Wildman–Crippen MR) is 191 cm³/mol. The number of benzene rings is 3. The van der Waals surface area contributed by atoms with Gasteiger partial charge in [-0.1, -0.05) is 17.8 Å². The summed E-state index contributed by atoms with van der Waals surface area (Å²) in [4.78, 5) is 44.0. The normalized spacial score (nSPS) is 11.4. The van der Waals surface area contributed by atoms with Crippen molar-refractivity contribution in [2.24, 2.45) is 0 Å². The molecule has 254 valence electrons. The molecule has 1 unspecified atom stereocenters. The minimum absolute atomic E-state index is 0.0147. The van der Waals surface area contributed by atoms with Gasteiger partial charge in [-0.3, -0.25) is 9.59 Å². The van der Waals surface area contributed by atoms with Crippen molar-refractivity contribution in [2.45, 2.75) is 31.6 Å². The molecule has 1 N–H and O–H groups in total. The standard InChI is InChI=1S/C36H37N5O6S2/c1-22-17-23(2)38-36(37-22)49-21-33(42)41(19-32-40-29(20-48-32)24-7-12-27(44-3)13-8-24)34(25-9-16-30(46-5)31(18-25)47-6)35(43)39-26-10-14-28(45-4)15-11-26/h7-18,20,34H,19,21H2,1-6H3,(H,39,43). The van der Waals surface area contributed by atoms with Crippen LogP contribution < -0.4 is 24.3 Å². The summed E-state index contributed by atoms with van der Waals surface area (Å²) in [5.41, 5.74) is 4.32. The average molecular weight is 700 g/mol. The quantitative estimate of drug-likeness (QED) is 0.0983. The first-order valence-corrected chi connectivity index (χ1v) is 17.1. The van der Waals surface area contributed by atoms with E-state index in [4.69, 9.17) is 23.9 Å². The summed E-state index contributed by atoms with van der Waals surface area (Å²) in [5.74, 6) is 1.55. The van der Waals surface area contributed by atoms with Gasteiger partial charge >= 0.3 is 0 Å². The minimum Gasteiger partial charge on any atom is -0.497 e. The van der Waals surface area contributed by atoms with E-state index in [-0.39, 0.29) is 18.2 Å². The lowest BCUT2D eigenvalue weighted by Gasteiger charge is -2.31. The number of methoxy groups -OCH3 is 4. The summed E-state index contributed by atoms with van der Waals surface area (Å²) in [5, 5.41) is 6.05. The molecule has 0 aliphatic heterocycles. The van der Waals surface area contributed by atoms with Gasteiger partial charge in [0.2, 0.25) is 5.91 Å². The monoisotopic (exact) mass is 699 g/mol. The van der Waals surface area contributed by atoms with Gasteiger partial charge in [0.25, 0.3) is 5.91 Å². The lowest BCUT2D eigenvalue weighted by atomic mass is 10.0. The van der Waals surface area contributed by atoms with Gasteiger partial charge in [-0.15, -0.1) is 11.3 Å². The number of nitrogens with one attached hydrogen (secondary N) is 1. The Balaban J connectivity index is 1.54. The molecule has 0 bridgehead atoms. The van der Waals surface area contributed by atoms with E-state index in [1.54, 1.807) is 56.7 Å².